The Bertz CT molecular complexity index is 2010. The van der Waals surface area contributed by atoms with Gasteiger partial charge in [-0.25, -0.2) is 0 Å². The number of carbonyl (C=O) groups excluding carboxylic acids is 2. The molecular formula is C51H63NO7. The number of esters is 1. The van der Waals surface area contributed by atoms with Crippen molar-refractivity contribution < 1.29 is 34.0 Å². The summed E-state index contributed by atoms with van der Waals surface area (Å²) in [4.78, 5) is 26.6. The summed E-state index contributed by atoms with van der Waals surface area (Å²) in [5, 5.41) is 29.6. The van der Waals surface area contributed by atoms with Crippen LogP contribution in [0, 0.1) is 0 Å². The maximum absolute atomic E-state index is 13.4. The molecule has 5 atom stereocenters. The number of aliphatic hydroxyl groups is 2. The Morgan fingerprint density at radius 3 is 1.69 bits per heavy atom. The fourth-order valence-electron chi connectivity index (χ4n) is 8.35. The van der Waals surface area contributed by atoms with Crippen LogP contribution < -0.4 is 5.32 Å². The number of hydrogen-bond acceptors (Lipinski definition) is 7. The van der Waals surface area contributed by atoms with Gasteiger partial charge >= 0.3 is 5.97 Å². The van der Waals surface area contributed by atoms with Crippen LogP contribution in [0.15, 0.2) is 115 Å². The molecule has 1 aliphatic rings. The summed E-state index contributed by atoms with van der Waals surface area (Å²) in [6.07, 6.45) is 10.0. The Balaban J connectivity index is 0.936. The van der Waals surface area contributed by atoms with E-state index in [1.165, 1.54) is 32.7 Å². The largest absolute Gasteiger partial charge is 0.457 e. The Labute approximate surface area is 350 Å². The number of rotatable bonds is 24. The summed E-state index contributed by atoms with van der Waals surface area (Å²) >= 11 is 0. The smallest absolute Gasteiger partial charge is 0.306 e. The lowest BCUT2D eigenvalue weighted by molar-refractivity contribution is -0.276. The van der Waals surface area contributed by atoms with Crippen LogP contribution in [0.1, 0.15) is 107 Å². The number of fused-ring (bicyclic) bond motifs is 2. The van der Waals surface area contributed by atoms with Crippen LogP contribution in [0.2, 0.25) is 0 Å². The summed E-state index contributed by atoms with van der Waals surface area (Å²) in [5.41, 5.74) is 3.68. The van der Waals surface area contributed by atoms with E-state index in [1.54, 1.807) is 0 Å². The number of ether oxygens (including phenoxy) is 3. The van der Waals surface area contributed by atoms with E-state index in [0.29, 0.717) is 19.3 Å². The number of nitrogens with one attached hydrogen (secondary N) is 1. The maximum atomic E-state index is 13.4. The monoisotopic (exact) mass is 801 g/mol. The first-order valence-electron chi connectivity index (χ1n) is 22.0. The SMILES string of the molecule is O=C(CCCCCCCCc1cccc2ccccc12)N[C@@H]1[C@@H](OCc2ccccc2)O[C@H](CO)[C@@H](O)[C@@H]1OC(=O)CCCCCCCCc1cccc2ccccc12. The van der Waals surface area contributed by atoms with Gasteiger partial charge in [-0.3, -0.25) is 9.59 Å². The van der Waals surface area contributed by atoms with Crippen molar-refractivity contribution >= 4 is 33.4 Å². The van der Waals surface area contributed by atoms with Crippen LogP contribution in [-0.4, -0.2) is 59.3 Å². The molecular weight excluding hydrogens is 739 g/mol. The third-order valence-electron chi connectivity index (χ3n) is 11.6. The number of unbranched alkanes of at least 4 members (excludes halogenated alkanes) is 10. The van der Waals surface area contributed by atoms with E-state index in [1.807, 2.05) is 30.3 Å². The fraction of sp³-hybridized carbons (Fsp3) is 0.451. The number of amides is 1. The third-order valence-corrected chi connectivity index (χ3v) is 11.6. The molecule has 6 rings (SSSR count). The molecule has 5 aromatic carbocycles. The topological polar surface area (TPSA) is 114 Å². The van der Waals surface area contributed by atoms with Crippen LogP contribution in [0.5, 0.6) is 0 Å². The molecule has 1 amide bonds. The Hall–Kier alpha value is -4.60. The number of aryl methyl sites for hydroxylation is 2. The molecule has 0 bridgehead atoms. The summed E-state index contributed by atoms with van der Waals surface area (Å²) in [6.45, 7) is -0.321. The van der Waals surface area contributed by atoms with Crippen molar-refractivity contribution in [2.75, 3.05) is 6.61 Å². The minimum absolute atomic E-state index is 0.176. The third kappa shape index (κ3) is 13.5. The first-order valence-corrected chi connectivity index (χ1v) is 22.0. The lowest BCUT2D eigenvalue weighted by Crippen LogP contribution is -2.65. The summed E-state index contributed by atoms with van der Waals surface area (Å²) in [6, 6.07) is 38.7. The molecule has 8 heteroatoms. The van der Waals surface area contributed by atoms with Crippen LogP contribution in [0.4, 0.5) is 0 Å². The van der Waals surface area contributed by atoms with Crippen molar-refractivity contribution in [1.82, 2.24) is 5.32 Å². The second-order valence-corrected chi connectivity index (χ2v) is 16.1. The molecule has 0 saturated carbocycles. The van der Waals surface area contributed by atoms with Crippen LogP contribution in [0.25, 0.3) is 21.5 Å². The van der Waals surface area contributed by atoms with Gasteiger partial charge in [0, 0.05) is 12.8 Å². The van der Waals surface area contributed by atoms with E-state index in [2.05, 4.69) is 90.2 Å². The van der Waals surface area contributed by atoms with E-state index in [-0.39, 0.29) is 18.9 Å². The molecule has 0 unspecified atom stereocenters. The zero-order valence-corrected chi connectivity index (χ0v) is 34.5. The van der Waals surface area contributed by atoms with E-state index < -0.39 is 43.2 Å². The zero-order chi connectivity index (χ0) is 41.1. The standard InChI is InChI=1S/C51H63NO7/c53-36-45-49(56)50(59-47(55)35-15-8-4-2-6-13-25-40-29-21-31-42-27-17-19-33-44(40)42)48(51(58-45)57-37-38-22-10-9-11-23-38)52-46(54)34-14-7-3-1-5-12-24-39-28-20-30-41-26-16-18-32-43(39)41/h9-11,16-23,26-33,45,48-51,53,56H,1-8,12-15,24-25,34-37H2,(H,52,54)/t45-,48+,49-,50-,51+/m1/s1. The Morgan fingerprint density at radius 1 is 0.593 bits per heavy atom. The minimum atomic E-state index is -1.35. The number of aliphatic hydroxyl groups excluding tert-OH is 2. The molecule has 3 N–H and O–H groups in total. The van der Waals surface area contributed by atoms with Gasteiger partial charge in [-0.1, -0.05) is 167 Å². The van der Waals surface area contributed by atoms with Crippen molar-refractivity contribution in [2.45, 2.75) is 140 Å². The minimum Gasteiger partial charge on any atom is -0.457 e. The molecule has 59 heavy (non-hydrogen) atoms. The van der Waals surface area contributed by atoms with E-state index in [9.17, 15) is 19.8 Å². The quantitative estimate of drug-likeness (QED) is 0.0421. The van der Waals surface area contributed by atoms with Gasteiger partial charge in [0.1, 0.15) is 18.2 Å². The van der Waals surface area contributed by atoms with Gasteiger partial charge in [0.2, 0.25) is 5.91 Å². The molecule has 1 fully saturated rings. The van der Waals surface area contributed by atoms with E-state index in [4.69, 9.17) is 14.2 Å². The predicted octanol–water partition coefficient (Wildman–Crippen LogP) is 9.93. The first kappa shape index (κ1) is 44.0. The molecule has 1 aliphatic heterocycles. The highest BCUT2D eigenvalue weighted by Crippen LogP contribution is 2.27. The predicted molar refractivity (Wildman–Crippen MR) is 235 cm³/mol. The fourth-order valence-corrected chi connectivity index (χ4v) is 8.35. The highest BCUT2D eigenvalue weighted by atomic mass is 16.7. The van der Waals surface area contributed by atoms with E-state index >= 15 is 0 Å². The normalized spacial score (nSPS) is 19.2. The molecule has 1 saturated heterocycles. The van der Waals surface area contributed by atoms with Crippen molar-refractivity contribution in [3.8, 4) is 0 Å². The molecule has 8 nitrogen and oxygen atoms in total. The number of carbonyl (C=O) groups is 2. The molecule has 314 valence electrons. The second-order valence-electron chi connectivity index (χ2n) is 16.1. The molecule has 0 radical (unpaired) electrons. The van der Waals surface area contributed by atoms with Crippen LogP contribution >= 0.6 is 0 Å². The highest BCUT2D eigenvalue weighted by molar-refractivity contribution is 5.86. The van der Waals surface area contributed by atoms with Gasteiger partial charge in [-0.05, 0) is 76.8 Å². The lowest BCUT2D eigenvalue weighted by Gasteiger charge is -2.43. The van der Waals surface area contributed by atoms with Crippen molar-refractivity contribution in [2.24, 2.45) is 0 Å². The van der Waals surface area contributed by atoms with Crippen molar-refractivity contribution in [3.63, 3.8) is 0 Å². The first-order chi connectivity index (χ1) is 29.0. The van der Waals surface area contributed by atoms with Gasteiger partial charge in [0.25, 0.3) is 0 Å². The van der Waals surface area contributed by atoms with Crippen molar-refractivity contribution in [3.05, 3.63) is 132 Å². The molecule has 0 spiro atoms. The number of benzene rings is 5. The van der Waals surface area contributed by atoms with Crippen LogP contribution in [0.3, 0.4) is 0 Å². The van der Waals surface area contributed by atoms with Gasteiger partial charge in [-0.2, -0.15) is 0 Å². The summed E-state index contributed by atoms with van der Waals surface area (Å²) in [5.74, 6) is -0.677. The van der Waals surface area contributed by atoms with Gasteiger partial charge in [-0.15, -0.1) is 0 Å². The lowest BCUT2D eigenvalue weighted by atomic mass is 9.96. The summed E-state index contributed by atoms with van der Waals surface area (Å²) in [7, 11) is 0. The Morgan fingerprint density at radius 2 is 1.10 bits per heavy atom. The highest BCUT2D eigenvalue weighted by Gasteiger charge is 2.48. The van der Waals surface area contributed by atoms with Gasteiger partial charge in [0.15, 0.2) is 12.4 Å². The average molecular weight is 802 g/mol. The van der Waals surface area contributed by atoms with Gasteiger partial charge < -0.3 is 29.7 Å². The van der Waals surface area contributed by atoms with Crippen LogP contribution in [-0.2, 0) is 43.2 Å². The Kier molecular flexibility index (Phi) is 17.8. The zero-order valence-electron chi connectivity index (χ0n) is 34.5. The summed E-state index contributed by atoms with van der Waals surface area (Å²) < 4.78 is 18.1. The maximum Gasteiger partial charge on any atom is 0.306 e. The van der Waals surface area contributed by atoms with Crippen molar-refractivity contribution in [1.29, 1.82) is 0 Å². The molecule has 0 aliphatic carbocycles. The average Bonchev–Trinajstić information content (AvgIpc) is 3.26. The van der Waals surface area contributed by atoms with E-state index in [0.717, 1.165) is 82.6 Å². The number of hydrogen-bond donors (Lipinski definition) is 3. The molecule has 5 aromatic rings. The molecule has 1 heterocycles. The van der Waals surface area contributed by atoms with Gasteiger partial charge in [0.05, 0.1) is 13.2 Å². The molecule has 0 aromatic heterocycles. The second kappa shape index (κ2) is 23.9.